The third-order valence-electron chi connectivity index (χ3n) is 4.24. The summed E-state index contributed by atoms with van der Waals surface area (Å²) < 4.78 is 0. The van der Waals surface area contributed by atoms with Crippen molar-refractivity contribution in [3.05, 3.63) is 0 Å². The molecule has 1 atom stereocenters. The van der Waals surface area contributed by atoms with Crippen molar-refractivity contribution in [1.82, 2.24) is 10.6 Å². The van der Waals surface area contributed by atoms with Crippen molar-refractivity contribution in [2.24, 2.45) is 22.0 Å². The SMILES string of the molecule is CC(C)(C)CC(C)(C(=O)NCCCCNC(=N)N)C(C)(C)C. The van der Waals surface area contributed by atoms with Crippen LogP contribution in [-0.4, -0.2) is 25.0 Å². The monoisotopic (exact) mass is 312 g/mol. The zero-order chi connectivity index (χ0) is 17.6. The van der Waals surface area contributed by atoms with Crippen molar-refractivity contribution < 1.29 is 4.79 Å². The minimum Gasteiger partial charge on any atom is -0.370 e. The summed E-state index contributed by atoms with van der Waals surface area (Å²) in [5, 5.41) is 12.9. The minimum atomic E-state index is -0.400. The Labute approximate surface area is 136 Å². The quantitative estimate of drug-likeness (QED) is 0.331. The number of unbranched alkanes of at least 4 members (excludes halogenated alkanes) is 1. The van der Waals surface area contributed by atoms with Crippen molar-refractivity contribution in [2.75, 3.05) is 13.1 Å². The van der Waals surface area contributed by atoms with Gasteiger partial charge >= 0.3 is 0 Å². The highest BCUT2D eigenvalue weighted by Crippen LogP contribution is 2.46. The molecule has 0 saturated carbocycles. The number of nitrogens with two attached hydrogens (primary N) is 1. The van der Waals surface area contributed by atoms with Crippen LogP contribution in [0.1, 0.15) is 67.7 Å². The molecule has 22 heavy (non-hydrogen) atoms. The summed E-state index contributed by atoms with van der Waals surface area (Å²) in [7, 11) is 0. The van der Waals surface area contributed by atoms with Crippen LogP contribution in [0, 0.1) is 21.7 Å². The highest BCUT2D eigenvalue weighted by Gasteiger charge is 2.46. The van der Waals surface area contributed by atoms with Crippen LogP contribution in [0.5, 0.6) is 0 Å². The predicted molar refractivity (Wildman–Crippen MR) is 93.8 cm³/mol. The van der Waals surface area contributed by atoms with E-state index in [-0.39, 0.29) is 22.7 Å². The van der Waals surface area contributed by atoms with Crippen molar-refractivity contribution in [2.45, 2.75) is 67.7 Å². The molecule has 0 bridgehead atoms. The van der Waals surface area contributed by atoms with E-state index in [9.17, 15) is 4.79 Å². The third-order valence-corrected chi connectivity index (χ3v) is 4.24. The second-order valence-electron chi connectivity index (χ2n) is 8.62. The number of nitrogens with one attached hydrogen (secondary N) is 3. The molecule has 1 unspecified atom stereocenters. The summed E-state index contributed by atoms with van der Waals surface area (Å²) in [5.41, 5.74) is 4.83. The zero-order valence-electron chi connectivity index (χ0n) is 15.5. The molecule has 0 spiro atoms. The Hall–Kier alpha value is -1.26. The van der Waals surface area contributed by atoms with Gasteiger partial charge in [-0.05, 0) is 30.1 Å². The topological polar surface area (TPSA) is 91.0 Å². The van der Waals surface area contributed by atoms with Crippen molar-refractivity contribution in [1.29, 1.82) is 5.41 Å². The third kappa shape index (κ3) is 7.14. The van der Waals surface area contributed by atoms with Gasteiger partial charge in [0.15, 0.2) is 5.96 Å². The smallest absolute Gasteiger partial charge is 0.226 e. The molecule has 0 aromatic rings. The number of hydrogen-bond acceptors (Lipinski definition) is 2. The van der Waals surface area contributed by atoms with Crippen molar-refractivity contribution in [3.63, 3.8) is 0 Å². The van der Waals surface area contributed by atoms with Gasteiger partial charge in [-0.25, -0.2) is 0 Å². The molecule has 5 N–H and O–H groups in total. The molecule has 5 heteroatoms. The number of amides is 1. The maximum absolute atomic E-state index is 12.7. The Bertz CT molecular complexity index is 379. The van der Waals surface area contributed by atoms with E-state index in [0.717, 1.165) is 19.3 Å². The fourth-order valence-corrected chi connectivity index (χ4v) is 2.62. The second kappa shape index (κ2) is 7.84. The van der Waals surface area contributed by atoms with Crippen LogP contribution in [0.15, 0.2) is 0 Å². The maximum atomic E-state index is 12.7. The summed E-state index contributed by atoms with van der Waals surface area (Å²) in [4.78, 5) is 12.7. The van der Waals surface area contributed by atoms with Crippen LogP contribution < -0.4 is 16.4 Å². The number of hydrogen-bond donors (Lipinski definition) is 4. The fourth-order valence-electron chi connectivity index (χ4n) is 2.62. The normalized spacial score (nSPS) is 15.0. The molecule has 1 amide bonds. The Morgan fingerprint density at radius 1 is 0.955 bits per heavy atom. The summed E-state index contributed by atoms with van der Waals surface area (Å²) in [6.45, 7) is 16.3. The average Bonchev–Trinajstić information content (AvgIpc) is 2.29. The highest BCUT2D eigenvalue weighted by atomic mass is 16.2. The van der Waals surface area contributed by atoms with E-state index in [0.29, 0.717) is 13.1 Å². The van der Waals surface area contributed by atoms with E-state index in [1.807, 2.05) is 0 Å². The van der Waals surface area contributed by atoms with E-state index in [2.05, 4.69) is 59.1 Å². The molecule has 0 aromatic carbocycles. The first-order valence-electron chi connectivity index (χ1n) is 8.16. The molecule has 0 radical (unpaired) electrons. The predicted octanol–water partition coefficient (Wildman–Crippen LogP) is 2.85. The van der Waals surface area contributed by atoms with Crippen LogP contribution in [0.4, 0.5) is 0 Å². The lowest BCUT2D eigenvalue weighted by Gasteiger charge is -2.44. The van der Waals surface area contributed by atoms with Gasteiger partial charge in [0.2, 0.25) is 5.91 Å². The van der Waals surface area contributed by atoms with Crippen LogP contribution in [0.3, 0.4) is 0 Å². The molecule has 0 saturated heterocycles. The minimum absolute atomic E-state index is 0.00507. The Balaban J connectivity index is 4.52. The van der Waals surface area contributed by atoms with Gasteiger partial charge in [0, 0.05) is 13.1 Å². The lowest BCUT2D eigenvalue weighted by molar-refractivity contribution is -0.138. The second-order valence-corrected chi connectivity index (χ2v) is 8.62. The lowest BCUT2D eigenvalue weighted by Crippen LogP contribution is -2.49. The maximum Gasteiger partial charge on any atom is 0.226 e. The van der Waals surface area contributed by atoms with Gasteiger partial charge in [-0.1, -0.05) is 48.5 Å². The Morgan fingerprint density at radius 3 is 1.77 bits per heavy atom. The van der Waals surface area contributed by atoms with Gasteiger partial charge < -0.3 is 16.4 Å². The van der Waals surface area contributed by atoms with E-state index < -0.39 is 5.41 Å². The molecule has 0 aliphatic carbocycles. The van der Waals surface area contributed by atoms with Gasteiger partial charge in [-0.15, -0.1) is 0 Å². The van der Waals surface area contributed by atoms with Crippen LogP contribution >= 0.6 is 0 Å². The Kier molecular flexibility index (Phi) is 7.39. The van der Waals surface area contributed by atoms with E-state index in [1.165, 1.54) is 0 Å². The van der Waals surface area contributed by atoms with Crippen LogP contribution in [-0.2, 0) is 4.79 Å². The standard InChI is InChI=1S/C17H36N4O/c1-15(2,3)12-17(7,16(4,5)6)13(22)20-10-8-9-11-21-14(18)19/h8-12H2,1-7H3,(H,20,22)(H4,18,19,21). The molecule has 0 aliphatic rings. The summed E-state index contributed by atoms with van der Waals surface area (Å²) in [6, 6.07) is 0. The van der Waals surface area contributed by atoms with Crippen molar-refractivity contribution >= 4 is 11.9 Å². The molecule has 0 heterocycles. The molecule has 0 aliphatic heterocycles. The van der Waals surface area contributed by atoms with Gasteiger partial charge in [0.1, 0.15) is 0 Å². The van der Waals surface area contributed by atoms with Gasteiger partial charge in [0.25, 0.3) is 0 Å². The number of rotatable bonds is 7. The lowest BCUT2D eigenvalue weighted by atomic mass is 9.61. The molecular weight excluding hydrogens is 276 g/mol. The first-order chi connectivity index (χ1) is 9.79. The van der Waals surface area contributed by atoms with Crippen LogP contribution in [0.2, 0.25) is 0 Å². The molecule has 0 rings (SSSR count). The number of guanidine groups is 1. The summed E-state index contributed by atoms with van der Waals surface area (Å²) in [6.07, 6.45) is 2.61. The zero-order valence-corrected chi connectivity index (χ0v) is 15.5. The highest BCUT2D eigenvalue weighted by molar-refractivity contribution is 5.83. The molecular formula is C17H36N4O. The summed E-state index contributed by atoms with van der Waals surface area (Å²) >= 11 is 0. The van der Waals surface area contributed by atoms with Crippen molar-refractivity contribution in [3.8, 4) is 0 Å². The number of carbonyl (C=O) groups excluding carboxylic acids is 1. The Morgan fingerprint density at radius 2 is 1.41 bits per heavy atom. The van der Waals surface area contributed by atoms with Crippen LogP contribution in [0.25, 0.3) is 0 Å². The van der Waals surface area contributed by atoms with Gasteiger partial charge in [0.05, 0.1) is 5.41 Å². The van der Waals surface area contributed by atoms with E-state index >= 15 is 0 Å². The molecule has 130 valence electrons. The first-order valence-corrected chi connectivity index (χ1v) is 8.16. The van der Waals surface area contributed by atoms with Gasteiger partial charge in [-0.2, -0.15) is 0 Å². The summed E-state index contributed by atoms with van der Waals surface area (Å²) in [5.74, 6) is 0.129. The average molecular weight is 313 g/mol. The molecule has 5 nitrogen and oxygen atoms in total. The largest absolute Gasteiger partial charge is 0.370 e. The first kappa shape index (κ1) is 20.7. The fraction of sp³-hybridized carbons (Fsp3) is 0.882. The van der Waals surface area contributed by atoms with Gasteiger partial charge in [-0.3, -0.25) is 10.2 Å². The molecule has 0 aromatic heterocycles. The number of carbonyl (C=O) groups is 1. The van der Waals surface area contributed by atoms with E-state index in [1.54, 1.807) is 0 Å². The molecule has 0 fully saturated rings. The van der Waals surface area contributed by atoms with E-state index in [4.69, 9.17) is 11.1 Å².